The number of rotatable bonds is 2. The lowest BCUT2D eigenvalue weighted by atomic mass is 9.84. The minimum atomic E-state index is -0.142. The summed E-state index contributed by atoms with van der Waals surface area (Å²) in [6.45, 7) is 4.94. The van der Waals surface area contributed by atoms with E-state index in [0.717, 1.165) is 30.7 Å². The smallest absolute Gasteiger partial charge is 0.151 e. The third kappa shape index (κ3) is 2.61. The normalized spacial score (nSPS) is 21.3. The molecule has 1 atom stereocenters. The Hall–Kier alpha value is -2.01. The summed E-state index contributed by atoms with van der Waals surface area (Å²) in [5.41, 5.74) is 14.2. The van der Waals surface area contributed by atoms with E-state index in [9.17, 15) is 0 Å². The monoisotopic (exact) mass is 286 g/mol. The molecule has 0 spiro atoms. The van der Waals surface area contributed by atoms with Gasteiger partial charge in [-0.3, -0.25) is 0 Å². The molecule has 1 fully saturated rings. The molecule has 4 N–H and O–H groups in total. The summed E-state index contributed by atoms with van der Waals surface area (Å²) in [6, 6.07) is 9.84. The van der Waals surface area contributed by atoms with Crippen molar-refractivity contribution in [1.29, 1.82) is 0 Å². The number of hydrogen-bond acceptors (Lipinski definition) is 4. The molecule has 1 unspecified atom stereocenters. The first kappa shape index (κ1) is 13.9. The van der Waals surface area contributed by atoms with E-state index in [1.807, 2.05) is 30.3 Å². The van der Waals surface area contributed by atoms with E-state index >= 15 is 0 Å². The van der Waals surface area contributed by atoms with Crippen LogP contribution in [0.15, 0.2) is 30.3 Å². The maximum atomic E-state index is 6.34. The highest BCUT2D eigenvalue weighted by Gasteiger charge is 2.33. The van der Waals surface area contributed by atoms with Crippen LogP contribution in [-0.2, 0) is 4.74 Å². The van der Waals surface area contributed by atoms with Crippen LogP contribution in [0.25, 0.3) is 5.69 Å². The second-order valence-corrected chi connectivity index (χ2v) is 6.23. The molecule has 5 nitrogen and oxygen atoms in total. The first-order valence-electron chi connectivity index (χ1n) is 7.31. The first-order valence-corrected chi connectivity index (χ1v) is 7.31. The third-order valence-electron chi connectivity index (χ3n) is 4.09. The highest BCUT2D eigenvalue weighted by molar-refractivity contribution is 5.60. The Morgan fingerprint density at radius 3 is 2.62 bits per heavy atom. The lowest BCUT2D eigenvalue weighted by molar-refractivity contribution is -0.0591. The molecule has 0 amide bonds. The van der Waals surface area contributed by atoms with Crippen LogP contribution in [0, 0.1) is 0 Å². The number of ether oxygens (including phenoxy) is 1. The Labute approximate surface area is 124 Å². The summed E-state index contributed by atoms with van der Waals surface area (Å²) >= 11 is 0. The molecule has 5 heteroatoms. The van der Waals surface area contributed by atoms with Crippen molar-refractivity contribution in [2.45, 2.75) is 38.2 Å². The van der Waals surface area contributed by atoms with Gasteiger partial charge in [0, 0.05) is 12.2 Å². The number of nitrogens with zero attached hydrogens (tertiary/aromatic N) is 2. The SMILES string of the molecule is CC1(C)CC(c2c(N)nn(-c3ccccc3)c2N)CCO1. The molecule has 112 valence electrons. The Morgan fingerprint density at radius 2 is 1.95 bits per heavy atom. The molecule has 1 aliphatic rings. The topological polar surface area (TPSA) is 79.1 Å². The fraction of sp³-hybridized carbons (Fsp3) is 0.438. The van der Waals surface area contributed by atoms with Gasteiger partial charge in [-0.05, 0) is 44.7 Å². The number of benzene rings is 1. The molecule has 1 aromatic heterocycles. The predicted molar refractivity (Wildman–Crippen MR) is 84.4 cm³/mol. The van der Waals surface area contributed by atoms with Crippen molar-refractivity contribution in [3.8, 4) is 5.69 Å². The van der Waals surface area contributed by atoms with Gasteiger partial charge in [-0.1, -0.05) is 18.2 Å². The summed E-state index contributed by atoms with van der Waals surface area (Å²) in [6.07, 6.45) is 1.83. The second kappa shape index (κ2) is 5.07. The van der Waals surface area contributed by atoms with E-state index in [2.05, 4.69) is 18.9 Å². The van der Waals surface area contributed by atoms with Crippen molar-refractivity contribution in [2.75, 3.05) is 18.1 Å². The van der Waals surface area contributed by atoms with Crippen LogP contribution in [0.1, 0.15) is 38.2 Å². The van der Waals surface area contributed by atoms with Gasteiger partial charge in [0.05, 0.1) is 11.3 Å². The number of para-hydroxylation sites is 1. The van der Waals surface area contributed by atoms with Gasteiger partial charge < -0.3 is 16.2 Å². The Morgan fingerprint density at radius 1 is 1.24 bits per heavy atom. The van der Waals surface area contributed by atoms with Gasteiger partial charge in [-0.2, -0.15) is 0 Å². The highest BCUT2D eigenvalue weighted by Crippen LogP contribution is 2.40. The molecule has 0 radical (unpaired) electrons. The summed E-state index contributed by atoms with van der Waals surface area (Å²) in [5.74, 6) is 1.46. The molecule has 0 aliphatic carbocycles. The highest BCUT2D eigenvalue weighted by atomic mass is 16.5. The van der Waals surface area contributed by atoms with Crippen LogP contribution in [0.5, 0.6) is 0 Å². The molecule has 1 aliphatic heterocycles. The summed E-state index contributed by atoms with van der Waals surface area (Å²) in [7, 11) is 0. The van der Waals surface area contributed by atoms with E-state index in [1.165, 1.54) is 0 Å². The van der Waals surface area contributed by atoms with Crippen LogP contribution < -0.4 is 11.5 Å². The van der Waals surface area contributed by atoms with Crippen molar-refractivity contribution < 1.29 is 4.74 Å². The molecule has 2 heterocycles. The molecule has 21 heavy (non-hydrogen) atoms. The lowest BCUT2D eigenvalue weighted by Crippen LogP contribution is -2.33. The molecule has 2 aromatic rings. The standard InChI is InChI=1S/C16H22N4O/c1-16(2)10-11(8-9-21-16)13-14(17)19-20(15(13)18)12-6-4-3-5-7-12/h3-7,11H,8-10,18H2,1-2H3,(H2,17,19). The number of hydrogen-bond donors (Lipinski definition) is 2. The third-order valence-corrected chi connectivity index (χ3v) is 4.09. The summed E-state index contributed by atoms with van der Waals surface area (Å²) in [4.78, 5) is 0. The lowest BCUT2D eigenvalue weighted by Gasteiger charge is -2.35. The van der Waals surface area contributed by atoms with Crippen molar-refractivity contribution in [1.82, 2.24) is 9.78 Å². The van der Waals surface area contributed by atoms with Crippen LogP contribution in [0.4, 0.5) is 11.6 Å². The molecule has 0 bridgehead atoms. The molecule has 1 aromatic carbocycles. The molecule has 0 saturated carbocycles. The summed E-state index contributed by atoms with van der Waals surface area (Å²) < 4.78 is 7.51. The first-order chi connectivity index (χ1) is 9.98. The van der Waals surface area contributed by atoms with Gasteiger partial charge in [0.25, 0.3) is 0 Å². The number of anilines is 2. The molecular formula is C16H22N4O. The molecular weight excluding hydrogens is 264 g/mol. The van der Waals surface area contributed by atoms with Crippen molar-refractivity contribution >= 4 is 11.6 Å². The fourth-order valence-corrected chi connectivity index (χ4v) is 3.12. The minimum absolute atomic E-state index is 0.142. The van der Waals surface area contributed by atoms with E-state index < -0.39 is 0 Å². The van der Waals surface area contributed by atoms with Crippen molar-refractivity contribution in [2.24, 2.45) is 0 Å². The molecule has 3 rings (SSSR count). The van der Waals surface area contributed by atoms with Crippen LogP contribution >= 0.6 is 0 Å². The zero-order valence-electron chi connectivity index (χ0n) is 12.5. The Kier molecular flexibility index (Phi) is 3.37. The van der Waals surface area contributed by atoms with Crippen LogP contribution in [0.2, 0.25) is 0 Å². The van der Waals surface area contributed by atoms with Crippen molar-refractivity contribution in [3.63, 3.8) is 0 Å². The number of nitrogens with two attached hydrogens (primary N) is 2. The predicted octanol–water partition coefficient (Wildman–Crippen LogP) is 2.71. The van der Waals surface area contributed by atoms with Gasteiger partial charge in [0.2, 0.25) is 0 Å². The van der Waals surface area contributed by atoms with Gasteiger partial charge in [0.15, 0.2) is 5.82 Å². The maximum absolute atomic E-state index is 6.34. The van der Waals surface area contributed by atoms with Crippen molar-refractivity contribution in [3.05, 3.63) is 35.9 Å². The fourth-order valence-electron chi connectivity index (χ4n) is 3.12. The average molecular weight is 286 g/mol. The van der Waals surface area contributed by atoms with Crippen LogP contribution in [0.3, 0.4) is 0 Å². The summed E-state index contributed by atoms with van der Waals surface area (Å²) in [5, 5.41) is 4.43. The zero-order chi connectivity index (χ0) is 15.0. The average Bonchev–Trinajstić information content (AvgIpc) is 2.74. The number of aromatic nitrogens is 2. The van der Waals surface area contributed by atoms with Gasteiger partial charge >= 0.3 is 0 Å². The number of nitrogen functional groups attached to an aromatic ring is 2. The quantitative estimate of drug-likeness (QED) is 0.889. The Bertz CT molecular complexity index is 633. The second-order valence-electron chi connectivity index (χ2n) is 6.23. The van der Waals surface area contributed by atoms with E-state index in [4.69, 9.17) is 16.2 Å². The van der Waals surface area contributed by atoms with Gasteiger partial charge in [0.1, 0.15) is 5.82 Å². The van der Waals surface area contributed by atoms with E-state index in [0.29, 0.717) is 17.6 Å². The van der Waals surface area contributed by atoms with Gasteiger partial charge in [-0.25, -0.2) is 4.68 Å². The van der Waals surface area contributed by atoms with Crippen LogP contribution in [-0.4, -0.2) is 22.0 Å². The maximum Gasteiger partial charge on any atom is 0.151 e. The zero-order valence-corrected chi connectivity index (χ0v) is 12.5. The van der Waals surface area contributed by atoms with E-state index in [1.54, 1.807) is 4.68 Å². The minimum Gasteiger partial charge on any atom is -0.383 e. The Balaban J connectivity index is 1.99. The van der Waals surface area contributed by atoms with Gasteiger partial charge in [-0.15, -0.1) is 5.10 Å². The van der Waals surface area contributed by atoms with E-state index in [-0.39, 0.29) is 5.60 Å². The molecule has 1 saturated heterocycles. The largest absolute Gasteiger partial charge is 0.383 e.